The van der Waals surface area contributed by atoms with Gasteiger partial charge in [0.2, 0.25) is 0 Å². The quantitative estimate of drug-likeness (QED) is 0.634. The van der Waals surface area contributed by atoms with Crippen LogP contribution in [0.1, 0.15) is 5.56 Å². The fraction of sp³-hybridized carbons (Fsp3) is 0.0588. The molecule has 1 N–H and O–H groups in total. The van der Waals surface area contributed by atoms with E-state index in [0.717, 1.165) is 30.6 Å². The second kappa shape index (κ2) is 7.43. The molecule has 0 saturated heterocycles. The zero-order valence-electron chi connectivity index (χ0n) is 13.8. The molecule has 0 amide bonds. The minimum atomic E-state index is -4.68. The van der Waals surface area contributed by atoms with Gasteiger partial charge >= 0.3 is 12.2 Å². The summed E-state index contributed by atoms with van der Waals surface area (Å²) in [7, 11) is -4.31. The SMILES string of the molecule is O=S(=O)(Nc1cnc(Oc2ccccc2F)nc1)c1cccc(C(F)(F)F)c1. The molecule has 0 aliphatic carbocycles. The van der Waals surface area contributed by atoms with E-state index in [-0.39, 0.29) is 17.4 Å². The second-order valence-electron chi connectivity index (χ2n) is 5.42. The molecular formula is C17H11F4N3O3S. The van der Waals surface area contributed by atoms with E-state index in [9.17, 15) is 26.0 Å². The summed E-state index contributed by atoms with van der Waals surface area (Å²) >= 11 is 0. The van der Waals surface area contributed by atoms with Gasteiger partial charge in [-0.1, -0.05) is 18.2 Å². The lowest BCUT2D eigenvalue weighted by atomic mass is 10.2. The molecule has 0 radical (unpaired) electrons. The number of benzene rings is 2. The van der Waals surface area contributed by atoms with Gasteiger partial charge < -0.3 is 4.74 Å². The fourth-order valence-electron chi connectivity index (χ4n) is 2.10. The van der Waals surface area contributed by atoms with Crippen molar-refractivity contribution in [1.29, 1.82) is 0 Å². The van der Waals surface area contributed by atoms with Crippen LogP contribution in [0.2, 0.25) is 0 Å². The minimum Gasteiger partial charge on any atom is -0.421 e. The van der Waals surface area contributed by atoms with E-state index in [0.29, 0.717) is 6.07 Å². The number of para-hydroxylation sites is 1. The Morgan fingerprint density at radius 1 is 0.964 bits per heavy atom. The highest BCUT2D eigenvalue weighted by molar-refractivity contribution is 7.92. The zero-order chi connectivity index (χ0) is 20.4. The molecule has 3 aromatic rings. The van der Waals surface area contributed by atoms with E-state index in [1.807, 2.05) is 0 Å². The summed E-state index contributed by atoms with van der Waals surface area (Å²) in [5, 5.41) is 0. The number of aromatic nitrogens is 2. The average Bonchev–Trinajstić information content (AvgIpc) is 2.64. The van der Waals surface area contributed by atoms with Crippen molar-refractivity contribution in [3.63, 3.8) is 0 Å². The highest BCUT2D eigenvalue weighted by Gasteiger charge is 2.31. The van der Waals surface area contributed by atoms with Gasteiger partial charge in [-0.3, -0.25) is 4.72 Å². The van der Waals surface area contributed by atoms with Crippen molar-refractivity contribution < 1.29 is 30.7 Å². The lowest BCUT2D eigenvalue weighted by molar-refractivity contribution is -0.137. The van der Waals surface area contributed by atoms with Crippen LogP contribution in [0.3, 0.4) is 0 Å². The summed E-state index contributed by atoms with van der Waals surface area (Å²) in [5.74, 6) is -0.764. The number of nitrogens with one attached hydrogen (secondary N) is 1. The Kier molecular flexibility index (Phi) is 5.18. The second-order valence-corrected chi connectivity index (χ2v) is 7.10. The molecular weight excluding hydrogens is 402 g/mol. The van der Waals surface area contributed by atoms with Crippen LogP contribution >= 0.6 is 0 Å². The van der Waals surface area contributed by atoms with Gasteiger partial charge in [-0.25, -0.2) is 22.8 Å². The predicted molar refractivity (Wildman–Crippen MR) is 90.8 cm³/mol. The molecule has 0 spiro atoms. The van der Waals surface area contributed by atoms with E-state index in [1.165, 1.54) is 24.3 Å². The van der Waals surface area contributed by atoms with Gasteiger partial charge in [-0.15, -0.1) is 0 Å². The molecule has 28 heavy (non-hydrogen) atoms. The van der Waals surface area contributed by atoms with Gasteiger partial charge in [-0.2, -0.15) is 13.2 Å². The molecule has 11 heteroatoms. The Morgan fingerprint density at radius 2 is 1.64 bits per heavy atom. The van der Waals surface area contributed by atoms with E-state index >= 15 is 0 Å². The standard InChI is InChI=1S/C17H11F4N3O3S/c18-14-6-1-2-7-15(14)27-16-22-9-12(10-23-16)24-28(25,26)13-5-3-4-11(8-13)17(19,20)21/h1-10,24H. The van der Waals surface area contributed by atoms with Crippen molar-refractivity contribution in [2.45, 2.75) is 11.1 Å². The molecule has 3 rings (SSSR count). The van der Waals surface area contributed by atoms with Crippen molar-refractivity contribution in [2.24, 2.45) is 0 Å². The first-order chi connectivity index (χ1) is 13.1. The molecule has 6 nitrogen and oxygen atoms in total. The Labute approximate surface area is 156 Å². The van der Waals surface area contributed by atoms with Gasteiger partial charge in [0.1, 0.15) is 0 Å². The Balaban J connectivity index is 1.77. The number of halogens is 4. The van der Waals surface area contributed by atoms with Crippen LogP contribution in [0.5, 0.6) is 11.8 Å². The first-order valence-electron chi connectivity index (χ1n) is 7.60. The topological polar surface area (TPSA) is 81.2 Å². The Bertz CT molecular complexity index is 1090. The van der Waals surface area contributed by atoms with Gasteiger partial charge in [-0.05, 0) is 30.3 Å². The van der Waals surface area contributed by atoms with Crippen molar-refractivity contribution in [1.82, 2.24) is 9.97 Å². The summed E-state index contributed by atoms with van der Waals surface area (Å²) in [6.07, 6.45) is -2.61. The third-order valence-corrected chi connectivity index (χ3v) is 4.77. The molecule has 0 saturated carbocycles. The number of anilines is 1. The number of nitrogens with zero attached hydrogens (tertiary/aromatic N) is 2. The molecule has 0 unspecified atom stereocenters. The van der Waals surface area contributed by atoms with Gasteiger partial charge in [0, 0.05) is 0 Å². The molecule has 0 bridgehead atoms. The summed E-state index contributed by atoms with van der Waals surface area (Å²) < 4.78 is 83.6. The minimum absolute atomic E-state index is 0.113. The van der Waals surface area contributed by atoms with Crippen LogP contribution in [0.25, 0.3) is 0 Å². The van der Waals surface area contributed by atoms with Crippen LogP contribution in [0.15, 0.2) is 65.8 Å². The Hall–Kier alpha value is -3.21. The van der Waals surface area contributed by atoms with E-state index in [2.05, 4.69) is 14.7 Å². The third kappa shape index (κ3) is 4.55. The van der Waals surface area contributed by atoms with Crippen molar-refractivity contribution >= 4 is 15.7 Å². The zero-order valence-corrected chi connectivity index (χ0v) is 14.6. The lowest BCUT2D eigenvalue weighted by Crippen LogP contribution is -2.15. The molecule has 0 aliphatic heterocycles. The summed E-state index contributed by atoms with van der Waals surface area (Å²) in [6, 6.07) is 8.57. The van der Waals surface area contributed by atoms with E-state index < -0.39 is 32.5 Å². The highest BCUT2D eigenvalue weighted by Crippen LogP contribution is 2.31. The molecule has 1 aromatic heterocycles. The molecule has 1 heterocycles. The van der Waals surface area contributed by atoms with Crippen LogP contribution in [0, 0.1) is 5.82 Å². The van der Waals surface area contributed by atoms with E-state index in [1.54, 1.807) is 0 Å². The maximum absolute atomic E-state index is 13.5. The summed E-state index contributed by atoms with van der Waals surface area (Å²) in [6.45, 7) is 0. The number of hydrogen-bond donors (Lipinski definition) is 1. The number of sulfonamides is 1. The molecule has 146 valence electrons. The van der Waals surface area contributed by atoms with Crippen molar-refractivity contribution in [3.8, 4) is 11.8 Å². The Morgan fingerprint density at radius 3 is 2.29 bits per heavy atom. The van der Waals surface area contributed by atoms with Crippen LogP contribution in [0.4, 0.5) is 23.2 Å². The van der Waals surface area contributed by atoms with Gasteiger partial charge in [0.25, 0.3) is 10.0 Å². The van der Waals surface area contributed by atoms with Gasteiger partial charge in [0.05, 0.1) is 28.5 Å². The molecule has 0 aliphatic rings. The summed E-state index contributed by atoms with van der Waals surface area (Å²) in [4.78, 5) is 6.91. The lowest BCUT2D eigenvalue weighted by Gasteiger charge is -2.11. The largest absolute Gasteiger partial charge is 0.421 e. The van der Waals surface area contributed by atoms with Crippen LogP contribution < -0.4 is 9.46 Å². The number of hydrogen-bond acceptors (Lipinski definition) is 5. The molecule has 2 aromatic carbocycles. The smallest absolute Gasteiger partial charge is 0.416 e. The van der Waals surface area contributed by atoms with E-state index in [4.69, 9.17) is 4.74 Å². The van der Waals surface area contributed by atoms with Gasteiger partial charge in [0.15, 0.2) is 11.6 Å². The highest BCUT2D eigenvalue weighted by atomic mass is 32.2. The van der Waals surface area contributed by atoms with Crippen LogP contribution in [-0.2, 0) is 16.2 Å². The number of ether oxygens (including phenoxy) is 1. The van der Waals surface area contributed by atoms with Crippen molar-refractivity contribution in [2.75, 3.05) is 4.72 Å². The fourth-order valence-corrected chi connectivity index (χ4v) is 3.17. The van der Waals surface area contributed by atoms with Crippen molar-refractivity contribution in [3.05, 3.63) is 72.3 Å². The first kappa shape index (κ1) is 19.5. The maximum atomic E-state index is 13.5. The maximum Gasteiger partial charge on any atom is 0.416 e. The number of rotatable bonds is 5. The predicted octanol–water partition coefficient (Wildman–Crippen LogP) is 4.23. The normalized spacial score (nSPS) is 11.9. The molecule has 0 atom stereocenters. The van der Waals surface area contributed by atoms with Crippen LogP contribution in [-0.4, -0.2) is 18.4 Å². The summed E-state index contributed by atoms with van der Waals surface area (Å²) in [5.41, 5.74) is -1.21. The monoisotopic (exact) mass is 413 g/mol. The number of alkyl halides is 3. The molecule has 0 fully saturated rings. The first-order valence-corrected chi connectivity index (χ1v) is 9.08. The average molecular weight is 413 g/mol. The third-order valence-electron chi connectivity index (χ3n) is 3.39.